The Morgan fingerprint density at radius 1 is 1.30 bits per heavy atom. The molecule has 3 nitrogen and oxygen atoms in total. The van der Waals surface area contributed by atoms with Crippen molar-refractivity contribution in [2.45, 2.75) is 38.8 Å². The predicted molar refractivity (Wildman–Crippen MR) is 79.1 cm³/mol. The molecular formula is C16H22FN3. The minimum Gasteiger partial charge on any atom is -0.312 e. The summed E-state index contributed by atoms with van der Waals surface area (Å²) in [7, 11) is 1.94. The third kappa shape index (κ3) is 2.75. The van der Waals surface area contributed by atoms with Crippen molar-refractivity contribution < 1.29 is 4.39 Å². The molecule has 1 atom stereocenters. The SMILES string of the molecule is CCn1cc(C(NC)C(C)(C)c2ccc(F)cc2)cn1. The van der Waals surface area contributed by atoms with Gasteiger partial charge >= 0.3 is 0 Å². The van der Waals surface area contributed by atoms with Gasteiger partial charge in [0.05, 0.1) is 6.20 Å². The highest BCUT2D eigenvalue weighted by Crippen LogP contribution is 2.36. The summed E-state index contributed by atoms with van der Waals surface area (Å²) in [5, 5.41) is 7.70. The maximum Gasteiger partial charge on any atom is 0.123 e. The minimum atomic E-state index is -0.204. The van der Waals surface area contributed by atoms with E-state index in [0.29, 0.717) is 0 Å². The molecule has 0 fully saturated rings. The van der Waals surface area contributed by atoms with Crippen LogP contribution in [0.1, 0.15) is 37.9 Å². The van der Waals surface area contributed by atoms with Crippen molar-refractivity contribution in [3.63, 3.8) is 0 Å². The van der Waals surface area contributed by atoms with Crippen molar-refractivity contribution in [1.29, 1.82) is 0 Å². The van der Waals surface area contributed by atoms with Crippen molar-refractivity contribution in [2.24, 2.45) is 0 Å². The Hall–Kier alpha value is -1.68. The second kappa shape index (κ2) is 5.75. The fraction of sp³-hybridized carbons (Fsp3) is 0.438. The van der Waals surface area contributed by atoms with Gasteiger partial charge in [0.1, 0.15) is 5.82 Å². The molecule has 1 N–H and O–H groups in total. The first-order chi connectivity index (χ1) is 9.48. The molecule has 0 aliphatic carbocycles. The standard InChI is InChI=1S/C16H22FN3/c1-5-20-11-12(10-19-20)15(18-4)16(2,3)13-6-8-14(17)9-7-13/h6-11,15,18H,5H2,1-4H3. The highest BCUT2D eigenvalue weighted by molar-refractivity contribution is 5.30. The molecule has 2 aromatic rings. The van der Waals surface area contributed by atoms with Gasteiger partial charge in [0.2, 0.25) is 0 Å². The lowest BCUT2D eigenvalue weighted by Crippen LogP contribution is -2.35. The lowest BCUT2D eigenvalue weighted by atomic mass is 9.75. The van der Waals surface area contributed by atoms with E-state index in [0.717, 1.165) is 17.7 Å². The average Bonchev–Trinajstić information content (AvgIpc) is 2.88. The van der Waals surface area contributed by atoms with Gasteiger partial charge in [0.25, 0.3) is 0 Å². The van der Waals surface area contributed by atoms with Gasteiger partial charge < -0.3 is 5.32 Å². The molecule has 0 saturated heterocycles. The Kier molecular flexibility index (Phi) is 4.23. The second-order valence-electron chi connectivity index (χ2n) is 5.58. The number of aromatic nitrogens is 2. The number of hydrogen-bond donors (Lipinski definition) is 1. The van der Waals surface area contributed by atoms with Crippen LogP contribution in [0, 0.1) is 5.82 Å². The lowest BCUT2D eigenvalue weighted by Gasteiger charge is -2.34. The van der Waals surface area contributed by atoms with Crippen LogP contribution in [-0.4, -0.2) is 16.8 Å². The Balaban J connectivity index is 2.35. The average molecular weight is 275 g/mol. The van der Waals surface area contributed by atoms with E-state index < -0.39 is 0 Å². The summed E-state index contributed by atoms with van der Waals surface area (Å²) in [6.07, 6.45) is 3.96. The molecular weight excluding hydrogens is 253 g/mol. The van der Waals surface area contributed by atoms with E-state index in [1.807, 2.05) is 30.1 Å². The fourth-order valence-electron chi connectivity index (χ4n) is 2.69. The van der Waals surface area contributed by atoms with Crippen molar-refractivity contribution in [1.82, 2.24) is 15.1 Å². The quantitative estimate of drug-likeness (QED) is 0.907. The van der Waals surface area contributed by atoms with E-state index in [2.05, 4.69) is 37.4 Å². The predicted octanol–water partition coefficient (Wildman–Crippen LogP) is 3.28. The van der Waals surface area contributed by atoms with Crippen LogP contribution < -0.4 is 5.32 Å². The van der Waals surface area contributed by atoms with E-state index >= 15 is 0 Å². The zero-order valence-electron chi connectivity index (χ0n) is 12.5. The summed E-state index contributed by atoms with van der Waals surface area (Å²) in [5.74, 6) is -0.204. The molecule has 0 spiro atoms. The Morgan fingerprint density at radius 2 is 1.95 bits per heavy atom. The number of halogens is 1. The summed E-state index contributed by atoms with van der Waals surface area (Å²) in [5.41, 5.74) is 2.08. The largest absolute Gasteiger partial charge is 0.312 e. The first kappa shape index (κ1) is 14.7. The zero-order chi connectivity index (χ0) is 14.8. The van der Waals surface area contributed by atoms with Gasteiger partial charge in [-0.2, -0.15) is 5.10 Å². The van der Waals surface area contributed by atoms with Crippen molar-refractivity contribution in [3.05, 3.63) is 53.6 Å². The monoisotopic (exact) mass is 275 g/mol. The van der Waals surface area contributed by atoms with E-state index in [-0.39, 0.29) is 17.3 Å². The van der Waals surface area contributed by atoms with Gasteiger partial charge in [0.15, 0.2) is 0 Å². The Bertz CT molecular complexity index is 557. The molecule has 1 aromatic heterocycles. The van der Waals surface area contributed by atoms with E-state index in [1.54, 1.807) is 0 Å². The van der Waals surface area contributed by atoms with Gasteiger partial charge in [-0.15, -0.1) is 0 Å². The maximum absolute atomic E-state index is 13.1. The van der Waals surface area contributed by atoms with E-state index in [4.69, 9.17) is 0 Å². The molecule has 20 heavy (non-hydrogen) atoms. The summed E-state index contributed by atoms with van der Waals surface area (Å²) in [6, 6.07) is 6.85. The highest BCUT2D eigenvalue weighted by Gasteiger charge is 2.32. The van der Waals surface area contributed by atoms with Crippen molar-refractivity contribution in [3.8, 4) is 0 Å². The van der Waals surface area contributed by atoms with Crippen LogP contribution >= 0.6 is 0 Å². The Labute approximate surface area is 119 Å². The highest BCUT2D eigenvalue weighted by atomic mass is 19.1. The molecule has 1 unspecified atom stereocenters. The molecule has 0 aliphatic rings. The summed E-state index contributed by atoms with van der Waals surface area (Å²) in [6.45, 7) is 7.24. The summed E-state index contributed by atoms with van der Waals surface area (Å²) in [4.78, 5) is 0. The Morgan fingerprint density at radius 3 is 2.45 bits per heavy atom. The molecule has 0 amide bonds. The molecule has 4 heteroatoms. The first-order valence-corrected chi connectivity index (χ1v) is 6.94. The number of nitrogens with zero attached hydrogens (tertiary/aromatic N) is 2. The van der Waals surface area contributed by atoms with Crippen molar-refractivity contribution >= 4 is 0 Å². The minimum absolute atomic E-state index is 0.119. The fourth-order valence-corrected chi connectivity index (χ4v) is 2.69. The van der Waals surface area contributed by atoms with Crippen LogP contribution in [0.3, 0.4) is 0 Å². The van der Waals surface area contributed by atoms with Crippen LogP contribution in [0.15, 0.2) is 36.7 Å². The molecule has 1 aromatic carbocycles. The molecule has 2 rings (SSSR count). The number of rotatable bonds is 5. The second-order valence-corrected chi connectivity index (χ2v) is 5.58. The molecule has 1 heterocycles. The number of likely N-dealkylation sites (N-methyl/N-ethyl adjacent to an activating group) is 1. The molecule has 0 bridgehead atoms. The van der Waals surface area contributed by atoms with Crippen LogP contribution in [0.4, 0.5) is 4.39 Å². The number of hydrogen-bond acceptors (Lipinski definition) is 2. The molecule has 0 aliphatic heterocycles. The number of aryl methyl sites for hydroxylation is 1. The van der Waals surface area contributed by atoms with Gasteiger partial charge in [0, 0.05) is 29.8 Å². The third-order valence-electron chi connectivity index (χ3n) is 3.91. The summed E-state index contributed by atoms with van der Waals surface area (Å²) >= 11 is 0. The molecule has 0 radical (unpaired) electrons. The third-order valence-corrected chi connectivity index (χ3v) is 3.91. The zero-order valence-corrected chi connectivity index (χ0v) is 12.5. The van der Waals surface area contributed by atoms with Gasteiger partial charge in [-0.25, -0.2) is 4.39 Å². The number of benzene rings is 1. The van der Waals surface area contributed by atoms with Crippen molar-refractivity contribution in [2.75, 3.05) is 7.05 Å². The maximum atomic E-state index is 13.1. The number of nitrogens with one attached hydrogen (secondary N) is 1. The smallest absolute Gasteiger partial charge is 0.123 e. The van der Waals surface area contributed by atoms with Gasteiger partial charge in [-0.3, -0.25) is 4.68 Å². The first-order valence-electron chi connectivity index (χ1n) is 6.94. The van der Waals surface area contributed by atoms with Crippen LogP contribution in [0.5, 0.6) is 0 Å². The van der Waals surface area contributed by atoms with Gasteiger partial charge in [-0.1, -0.05) is 26.0 Å². The normalized spacial score (nSPS) is 13.4. The van der Waals surface area contributed by atoms with Crippen LogP contribution in [0.25, 0.3) is 0 Å². The van der Waals surface area contributed by atoms with E-state index in [1.165, 1.54) is 12.1 Å². The summed E-state index contributed by atoms with van der Waals surface area (Å²) < 4.78 is 15.0. The molecule has 0 saturated carbocycles. The van der Waals surface area contributed by atoms with Gasteiger partial charge in [-0.05, 0) is 31.7 Å². The topological polar surface area (TPSA) is 29.9 Å². The van der Waals surface area contributed by atoms with Crippen LogP contribution in [-0.2, 0) is 12.0 Å². The molecule has 108 valence electrons. The van der Waals surface area contributed by atoms with Crippen LogP contribution in [0.2, 0.25) is 0 Å². The lowest BCUT2D eigenvalue weighted by molar-refractivity contribution is 0.368. The van der Waals surface area contributed by atoms with E-state index in [9.17, 15) is 4.39 Å².